The van der Waals surface area contributed by atoms with Gasteiger partial charge in [-0.25, -0.2) is 0 Å². The minimum absolute atomic E-state index is 0.0717. The monoisotopic (exact) mass is 172 g/mol. The summed E-state index contributed by atoms with van der Waals surface area (Å²) in [4.78, 5) is 0. The van der Waals surface area contributed by atoms with Gasteiger partial charge in [-0.1, -0.05) is 0 Å². The van der Waals surface area contributed by atoms with E-state index in [1.54, 1.807) is 0 Å². The molecule has 0 aliphatic heterocycles. The van der Waals surface area contributed by atoms with Crippen molar-refractivity contribution >= 4 is 10.8 Å². The summed E-state index contributed by atoms with van der Waals surface area (Å²) in [6.45, 7) is 0. The quantitative estimate of drug-likeness (QED) is 0.619. The van der Waals surface area contributed by atoms with Crippen LogP contribution in [0.4, 0.5) is 13.2 Å². The Balaban J connectivity index is 2.32. The van der Waals surface area contributed by atoms with Crippen molar-refractivity contribution in [3.05, 3.63) is 0 Å². The SMILES string of the molecule is O=S(CC1CC1)C(F)(F)F. The molecule has 0 spiro atoms. The maximum absolute atomic E-state index is 11.5. The molecule has 60 valence electrons. The van der Waals surface area contributed by atoms with Gasteiger partial charge >= 0.3 is 5.51 Å². The van der Waals surface area contributed by atoms with Crippen LogP contribution >= 0.6 is 0 Å². The van der Waals surface area contributed by atoms with E-state index < -0.39 is 16.3 Å². The Morgan fingerprint density at radius 3 is 2.20 bits per heavy atom. The van der Waals surface area contributed by atoms with Crippen LogP contribution in [0.3, 0.4) is 0 Å². The number of alkyl halides is 3. The van der Waals surface area contributed by atoms with Gasteiger partial charge in [0.25, 0.3) is 0 Å². The molecule has 0 heterocycles. The first-order chi connectivity index (χ1) is 4.50. The molecule has 0 radical (unpaired) electrons. The van der Waals surface area contributed by atoms with Gasteiger partial charge in [-0.2, -0.15) is 13.2 Å². The van der Waals surface area contributed by atoms with Gasteiger partial charge in [0.2, 0.25) is 0 Å². The molecule has 1 saturated carbocycles. The van der Waals surface area contributed by atoms with E-state index in [2.05, 4.69) is 0 Å². The van der Waals surface area contributed by atoms with Crippen molar-refractivity contribution in [3.8, 4) is 0 Å². The van der Waals surface area contributed by atoms with Gasteiger partial charge in [0, 0.05) is 5.75 Å². The van der Waals surface area contributed by atoms with Crippen LogP contribution < -0.4 is 0 Å². The Labute approximate surface area is 59.1 Å². The highest BCUT2D eigenvalue weighted by Crippen LogP contribution is 2.33. The summed E-state index contributed by atoms with van der Waals surface area (Å²) >= 11 is 0. The van der Waals surface area contributed by atoms with Crippen LogP contribution in [0.5, 0.6) is 0 Å². The predicted molar refractivity (Wildman–Crippen MR) is 31.8 cm³/mol. The fourth-order valence-corrected chi connectivity index (χ4v) is 1.54. The summed E-state index contributed by atoms with van der Waals surface area (Å²) < 4.78 is 44.9. The maximum Gasteiger partial charge on any atom is 0.471 e. The maximum atomic E-state index is 11.5. The van der Waals surface area contributed by atoms with Crippen LogP contribution in [-0.2, 0) is 10.8 Å². The number of rotatable bonds is 2. The average Bonchev–Trinajstić information content (AvgIpc) is 2.47. The van der Waals surface area contributed by atoms with Gasteiger partial charge in [-0.15, -0.1) is 0 Å². The van der Waals surface area contributed by atoms with Gasteiger partial charge in [0.05, 0.1) is 0 Å². The summed E-state index contributed by atoms with van der Waals surface area (Å²) in [7, 11) is -2.60. The van der Waals surface area contributed by atoms with E-state index in [0.29, 0.717) is 0 Å². The third-order valence-electron chi connectivity index (χ3n) is 1.34. The second kappa shape index (κ2) is 2.53. The molecule has 1 aliphatic rings. The first-order valence-corrected chi connectivity index (χ1v) is 4.27. The van der Waals surface area contributed by atoms with Crippen LogP contribution in [0.25, 0.3) is 0 Å². The lowest BCUT2D eigenvalue weighted by Crippen LogP contribution is -2.19. The fourth-order valence-electron chi connectivity index (χ4n) is 0.593. The molecule has 0 aromatic rings. The fraction of sp³-hybridized carbons (Fsp3) is 1.00. The molecule has 0 amide bonds. The van der Waals surface area contributed by atoms with Crippen molar-refractivity contribution in [2.45, 2.75) is 18.3 Å². The van der Waals surface area contributed by atoms with E-state index in [1.807, 2.05) is 0 Å². The van der Waals surface area contributed by atoms with Gasteiger partial charge < -0.3 is 0 Å². The molecule has 0 aromatic heterocycles. The third kappa shape index (κ3) is 2.28. The molecule has 1 fully saturated rings. The van der Waals surface area contributed by atoms with Crippen LogP contribution in [0.15, 0.2) is 0 Å². The lowest BCUT2D eigenvalue weighted by Gasteiger charge is -2.03. The second-order valence-corrected chi connectivity index (χ2v) is 3.89. The van der Waals surface area contributed by atoms with E-state index >= 15 is 0 Å². The van der Waals surface area contributed by atoms with Gasteiger partial charge in [0.1, 0.15) is 10.8 Å². The van der Waals surface area contributed by atoms with E-state index in [9.17, 15) is 17.4 Å². The van der Waals surface area contributed by atoms with Crippen molar-refractivity contribution in [1.29, 1.82) is 0 Å². The summed E-state index contributed by atoms with van der Waals surface area (Å²) in [5.74, 6) is -0.119. The van der Waals surface area contributed by atoms with Crippen molar-refractivity contribution in [3.63, 3.8) is 0 Å². The summed E-state index contributed by atoms with van der Waals surface area (Å²) in [5.41, 5.74) is -4.50. The minimum atomic E-state index is -4.50. The average molecular weight is 172 g/mol. The summed E-state index contributed by atoms with van der Waals surface area (Å²) in [5, 5.41) is 0. The van der Waals surface area contributed by atoms with Crippen molar-refractivity contribution < 1.29 is 17.4 Å². The molecule has 1 aliphatic carbocycles. The lowest BCUT2D eigenvalue weighted by atomic mass is 10.5. The number of hydrogen-bond donors (Lipinski definition) is 0. The summed E-state index contributed by atoms with van der Waals surface area (Å²) in [6, 6.07) is 0. The smallest absolute Gasteiger partial charge is 0.250 e. The normalized spacial score (nSPS) is 22.7. The Kier molecular flexibility index (Phi) is 2.03. The second-order valence-electron chi connectivity index (χ2n) is 2.40. The van der Waals surface area contributed by atoms with E-state index in [1.165, 1.54) is 0 Å². The van der Waals surface area contributed by atoms with Gasteiger partial charge in [-0.3, -0.25) is 4.21 Å². The molecule has 1 atom stereocenters. The standard InChI is InChI=1S/C5H7F3OS/c6-5(7,8)10(9)3-4-1-2-4/h4H,1-3H2. The molecule has 1 nitrogen and oxygen atoms in total. The van der Waals surface area contributed by atoms with E-state index in [-0.39, 0.29) is 11.7 Å². The van der Waals surface area contributed by atoms with E-state index in [4.69, 9.17) is 0 Å². The minimum Gasteiger partial charge on any atom is -0.250 e. The van der Waals surface area contributed by atoms with Gasteiger partial charge in [0.15, 0.2) is 0 Å². The zero-order valence-electron chi connectivity index (χ0n) is 5.15. The summed E-state index contributed by atoms with van der Waals surface area (Å²) in [6.07, 6.45) is 1.61. The molecular weight excluding hydrogens is 165 g/mol. The van der Waals surface area contributed by atoms with Crippen LogP contribution in [0.2, 0.25) is 0 Å². The lowest BCUT2D eigenvalue weighted by molar-refractivity contribution is -0.0385. The van der Waals surface area contributed by atoms with Gasteiger partial charge in [-0.05, 0) is 18.8 Å². The highest BCUT2D eigenvalue weighted by Gasteiger charge is 2.39. The molecule has 10 heavy (non-hydrogen) atoms. The van der Waals surface area contributed by atoms with Crippen molar-refractivity contribution in [1.82, 2.24) is 0 Å². The first kappa shape index (κ1) is 8.04. The Morgan fingerprint density at radius 1 is 1.40 bits per heavy atom. The van der Waals surface area contributed by atoms with Crippen LogP contribution in [0, 0.1) is 5.92 Å². The highest BCUT2D eigenvalue weighted by atomic mass is 32.2. The topological polar surface area (TPSA) is 17.1 Å². The molecule has 1 rings (SSSR count). The Hall–Kier alpha value is -0.0600. The zero-order valence-corrected chi connectivity index (χ0v) is 5.97. The van der Waals surface area contributed by atoms with Crippen molar-refractivity contribution in [2.24, 2.45) is 5.92 Å². The van der Waals surface area contributed by atoms with Crippen LogP contribution in [-0.4, -0.2) is 15.5 Å². The highest BCUT2D eigenvalue weighted by molar-refractivity contribution is 7.85. The number of halogens is 3. The Morgan fingerprint density at radius 2 is 1.90 bits per heavy atom. The molecule has 0 N–H and O–H groups in total. The molecule has 0 bridgehead atoms. The Bertz CT molecular complexity index is 149. The molecule has 1 unspecified atom stereocenters. The first-order valence-electron chi connectivity index (χ1n) is 2.95. The zero-order chi connectivity index (χ0) is 7.78. The molecule has 5 heteroatoms. The van der Waals surface area contributed by atoms with Crippen LogP contribution in [0.1, 0.15) is 12.8 Å². The predicted octanol–water partition coefficient (Wildman–Crippen LogP) is 1.66. The molecule has 0 saturated heterocycles. The molecule has 0 aromatic carbocycles. The van der Waals surface area contributed by atoms with E-state index in [0.717, 1.165) is 12.8 Å². The largest absolute Gasteiger partial charge is 0.471 e. The van der Waals surface area contributed by atoms with Crippen molar-refractivity contribution in [2.75, 3.05) is 5.75 Å². The number of hydrogen-bond acceptors (Lipinski definition) is 1. The molecular formula is C5H7F3OS. The third-order valence-corrected chi connectivity index (χ3v) is 2.63.